The van der Waals surface area contributed by atoms with Crippen molar-refractivity contribution in [3.8, 4) is 5.75 Å². The molecule has 0 heterocycles. The number of rotatable bonds is 11. The molecule has 0 bridgehead atoms. The maximum atomic E-state index is 14.0. The lowest BCUT2D eigenvalue weighted by Crippen LogP contribution is -2.52. The predicted molar refractivity (Wildman–Crippen MR) is 153 cm³/mol. The van der Waals surface area contributed by atoms with Crippen LogP contribution in [0.15, 0.2) is 77.7 Å². The van der Waals surface area contributed by atoms with Gasteiger partial charge in [-0.3, -0.25) is 13.9 Å². The summed E-state index contributed by atoms with van der Waals surface area (Å²) in [6.45, 7) is 8.78. The number of carbonyl (C=O) groups is 2. The molecule has 0 aromatic heterocycles. The predicted octanol–water partition coefficient (Wildman–Crippen LogP) is 4.45. The standard InChI is InChI=1S/C30H37N3O5S/c1-21(2)31-30(35)24(5)32(19-25-11-8-7-10-23(25)4)29(34)20-33(26-12-9-13-27(18-26)38-6)39(36,37)28-16-14-22(3)15-17-28/h7-18,21,24H,19-20H2,1-6H3,(H,31,35)/t24-/m1/s1. The second kappa shape index (κ2) is 12.8. The first-order valence-electron chi connectivity index (χ1n) is 12.8. The number of carbonyl (C=O) groups excluding carboxylic acids is 2. The van der Waals surface area contributed by atoms with Crippen LogP contribution in [0.25, 0.3) is 0 Å². The Bertz CT molecular complexity index is 1400. The number of methoxy groups -OCH3 is 1. The number of amides is 2. The number of ether oxygens (including phenoxy) is 1. The molecule has 8 nitrogen and oxygen atoms in total. The van der Waals surface area contributed by atoms with Crippen LogP contribution in [0.1, 0.15) is 37.5 Å². The first-order chi connectivity index (χ1) is 18.4. The van der Waals surface area contributed by atoms with Gasteiger partial charge in [0.1, 0.15) is 18.3 Å². The summed E-state index contributed by atoms with van der Waals surface area (Å²) in [4.78, 5) is 28.5. The average molecular weight is 552 g/mol. The zero-order valence-corrected chi connectivity index (χ0v) is 24.2. The summed E-state index contributed by atoms with van der Waals surface area (Å²) in [7, 11) is -2.65. The molecule has 0 aliphatic carbocycles. The van der Waals surface area contributed by atoms with Crippen molar-refractivity contribution in [2.45, 2.75) is 58.1 Å². The number of sulfonamides is 1. The molecule has 39 heavy (non-hydrogen) atoms. The van der Waals surface area contributed by atoms with Crippen molar-refractivity contribution in [3.63, 3.8) is 0 Å². The molecule has 3 aromatic rings. The molecule has 0 saturated heterocycles. The summed E-state index contributed by atoms with van der Waals surface area (Å²) >= 11 is 0. The van der Waals surface area contributed by atoms with E-state index < -0.39 is 28.5 Å². The summed E-state index contributed by atoms with van der Waals surface area (Å²) in [5.74, 6) is -0.380. The molecule has 3 aromatic carbocycles. The Morgan fingerprint density at radius 3 is 2.21 bits per heavy atom. The lowest BCUT2D eigenvalue weighted by atomic mass is 10.1. The molecule has 3 rings (SSSR count). The van der Waals surface area contributed by atoms with Crippen molar-refractivity contribution in [1.82, 2.24) is 10.2 Å². The van der Waals surface area contributed by atoms with Crippen LogP contribution in [0.5, 0.6) is 5.75 Å². The van der Waals surface area contributed by atoms with E-state index in [4.69, 9.17) is 4.74 Å². The Labute approximate surface area is 231 Å². The molecule has 0 fully saturated rings. The van der Waals surface area contributed by atoms with Crippen molar-refractivity contribution < 1.29 is 22.7 Å². The van der Waals surface area contributed by atoms with Gasteiger partial charge in [-0.25, -0.2) is 8.42 Å². The monoisotopic (exact) mass is 551 g/mol. The van der Waals surface area contributed by atoms with Crippen molar-refractivity contribution >= 4 is 27.5 Å². The fourth-order valence-corrected chi connectivity index (χ4v) is 5.50. The van der Waals surface area contributed by atoms with Crippen molar-refractivity contribution in [3.05, 3.63) is 89.5 Å². The van der Waals surface area contributed by atoms with Crippen LogP contribution in [0.3, 0.4) is 0 Å². The van der Waals surface area contributed by atoms with Gasteiger partial charge in [-0.15, -0.1) is 0 Å². The molecular weight excluding hydrogens is 514 g/mol. The first kappa shape index (κ1) is 29.7. The minimum atomic E-state index is -4.14. The summed E-state index contributed by atoms with van der Waals surface area (Å²) in [6, 6.07) is 19.6. The third-order valence-corrected chi connectivity index (χ3v) is 8.22. The van der Waals surface area contributed by atoms with E-state index in [1.165, 1.54) is 24.1 Å². The van der Waals surface area contributed by atoms with E-state index in [0.29, 0.717) is 5.75 Å². The number of nitrogens with one attached hydrogen (secondary N) is 1. The normalized spacial score (nSPS) is 12.1. The lowest BCUT2D eigenvalue weighted by molar-refractivity contribution is -0.139. The van der Waals surface area contributed by atoms with E-state index >= 15 is 0 Å². The van der Waals surface area contributed by atoms with Gasteiger partial charge in [-0.1, -0.05) is 48.0 Å². The SMILES string of the molecule is COc1cccc(N(CC(=O)N(Cc2ccccc2C)[C@H](C)C(=O)NC(C)C)S(=O)(=O)c2ccc(C)cc2)c1. The van der Waals surface area contributed by atoms with Gasteiger partial charge >= 0.3 is 0 Å². The van der Waals surface area contributed by atoms with Crippen LogP contribution in [0, 0.1) is 13.8 Å². The van der Waals surface area contributed by atoms with Crippen LogP contribution in [0.2, 0.25) is 0 Å². The number of nitrogens with zero attached hydrogens (tertiary/aromatic N) is 2. The Morgan fingerprint density at radius 1 is 0.923 bits per heavy atom. The summed E-state index contributed by atoms with van der Waals surface area (Å²) in [5.41, 5.74) is 3.01. The highest BCUT2D eigenvalue weighted by Crippen LogP contribution is 2.28. The average Bonchev–Trinajstić information content (AvgIpc) is 2.90. The molecule has 0 unspecified atom stereocenters. The van der Waals surface area contributed by atoms with Crippen LogP contribution < -0.4 is 14.4 Å². The van der Waals surface area contributed by atoms with Gasteiger partial charge in [0.15, 0.2) is 0 Å². The van der Waals surface area contributed by atoms with E-state index in [9.17, 15) is 18.0 Å². The number of benzene rings is 3. The minimum Gasteiger partial charge on any atom is -0.497 e. The second-order valence-corrected chi connectivity index (χ2v) is 11.7. The number of hydrogen-bond donors (Lipinski definition) is 1. The molecule has 0 radical (unpaired) electrons. The summed E-state index contributed by atoms with van der Waals surface area (Å²) in [5, 5.41) is 2.86. The molecule has 0 saturated carbocycles. The first-order valence-corrected chi connectivity index (χ1v) is 14.3. The highest BCUT2D eigenvalue weighted by atomic mass is 32.2. The Balaban J connectivity index is 2.06. The smallest absolute Gasteiger partial charge is 0.264 e. The van der Waals surface area contributed by atoms with Crippen LogP contribution in [0.4, 0.5) is 5.69 Å². The van der Waals surface area contributed by atoms with Gasteiger partial charge in [-0.05, 0) is 70.0 Å². The molecule has 1 N–H and O–H groups in total. The van der Waals surface area contributed by atoms with Crippen LogP contribution >= 0.6 is 0 Å². The Morgan fingerprint density at radius 2 is 1.59 bits per heavy atom. The molecule has 1 atom stereocenters. The highest BCUT2D eigenvalue weighted by molar-refractivity contribution is 7.92. The number of hydrogen-bond acceptors (Lipinski definition) is 5. The van der Waals surface area contributed by atoms with Crippen LogP contribution in [-0.4, -0.2) is 50.9 Å². The molecule has 2 amide bonds. The fourth-order valence-electron chi connectivity index (χ4n) is 4.09. The summed E-state index contributed by atoms with van der Waals surface area (Å²) in [6.07, 6.45) is 0. The van der Waals surface area contributed by atoms with Crippen LogP contribution in [-0.2, 0) is 26.2 Å². The number of anilines is 1. The van der Waals surface area contributed by atoms with Gasteiger partial charge < -0.3 is 15.0 Å². The summed E-state index contributed by atoms with van der Waals surface area (Å²) < 4.78 is 34.2. The van der Waals surface area contributed by atoms with Gasteiger partial charge in [0.25, 0.3) is 10.0 Å². The molecule has 208 valence electrons. The molecule has 0 aliphatic heterocycles. The van der Waals surface area contributed by atoms with Crippen molar-refractivity contribution in [2.75, 3.05) is 18.0 Å². The third-order valence-electron chi connectivity index (χ3n) is 6.43. The van der Waals surface area contributed by atoms with Crippen molar-refractivity contribution in [2.24, 2.45) is 0 Å². The maximum absolute atomic E-state index is 14.0. The van der Waals surface area contributed by atoms with E-state index in [1.807, 2.05) is 52.0 Å². The number of aryl methyl sites for hydroxylation is 2. The second-order valence-electron chi connectivity index (χ2n) is 9.81. The fraction of sp³-hybridized carbons (Fsp3) is 0.333. The lowest BCUT2D eigenvalue weighted by Gasteiger charge is -2.32. The largest absolute Gasteiger partial charge is 0.497 e. The molecule has 0 spiro atoms. The zero-order chi connectivity index (χ0) is 28.7. The molecule has 0 aliphatic rings. The quantitative estimate of drug-likeness (QED) is 0.380. The Kier molecular flexibility index (Phi) is 9.75. The van der Waals surface area contributed by atoms with E-state index in [-0.39, 0.29) is 29.1 Å². The molecule has 9 heteroatoms. The molecular formula is C30H37N3O5S. The van der Waals surface area contributed by atoms with Gasteiger partial charge in [0.2, 0.25) is 11.8 Å². The highest BCUT2D eigenvalue weighted by Gasteiger charge is 2.33. The minimum absolute atomic E-state index is 0.0553. The Hall–Kier alpha value is -3.85. The van der Waals surface area contributed by atoms with E-state index in [1.54, 1.807) is 43.3 Å². The van der Waals surface area contributed by atoms with Crippen molar-refractivity contribution in [1.29, 1.82) is 0 Å². The van der Waals surface area contributed by atoms with Gasteiger partial charge in [-0.2, -0.15) is 0 Å². The zero-order valence-electron chi connectivity index (χ0n) is 23.3. The van der Waals surface area contributed by atoms with Gasteiger partial charge in [0.05, 0.1) is 17.7 Å². The van der Waals surface area contributed by atoms with E-state index in [0.717, 1.165) is 21.0 Å². The third kappa shape index (κ3) is 7.38. The van der Waals surface area contributed by atoms with E-state index in [2.05, 4.69) is 5.32 Å². The topological polar surface area (TPSA) is 96.0 Å². The van der Waals surface area contributed by atoms with Gasteiger partial charge in [0, 0.05) is 18.7 Å². The maximum Gasteiger partial charge on any atom is 0.264 e.